The minimum atomic E-state index is -0.126. The zero-order chi connectivity index (χ0) is 43.5. The highest BCUT2D eigenvalue weighted by molar-refractivity contribution is 6.11. The van der Waals surface area contributed by atoms with E-state index in [4.69, 9.17) is 0 Å². The first kappa shape index (κ1) is 38.5. The molecule has 12 rings (SSSR count). The van der Waals surface area contributed by atoms with Crippen LogP contribution < -0.4 is 4.90 Å². The number of benzene rings is 10. The second-order valence-electron chi connectivity index (χ2n) is 17.6. The predicted molar refractivity (Wildman–Crippen MR) is 275 cm³/mol. The van der Waals surface area contributed by atoms with Crippen molar-refractivity contribution in [3.05, 3.63) is 254 Å². The SMILES string of the molecule is CC1(C)c2ccccc2-c2cccc(-c3ccc(N(c4ccc5c6ccccc6n(-c6ccccc6)c5c4)c4cccc(-c5ccccc5)c4-c4ccccc4-c4ccccc4)cc3)c21. The van der Waals surface area contributed by atoms with Gasteiger partial charge in [-0.05, 0) is 110 Å². The van der Waals surface area contributed by atoms with E-state index in [1.807, 2.05) is 0 Å². The van der Waals surface area contributed by atoms with Crippen LogP contribution in [0.15, 0.2) is 243 Å². The van der Waals surface area contributed by atoms with E-state index >= 15 is 0 Å². The summed E-state index contributed by atoms with van der Waals surface area (Å²) in [6.07, 6.45) is 0. The Morgan fingerprint density at radius 2 is 0.877 bits per heavy atom. The lowest BCUT2D eigenvalue weighted by Crippen LogP contribution is -2.16. The summed E-state index contributed by atoms with van der Waals surface area (Å²) in [5.74, 6) is 0. The maximum Gasteiger partial charge on any atom is 0.0561 e. The van der Waals surface area contributed by atoms with Crippen molar-refractivity contribution in [2.75, 3.05) is 4.90 Å². The van der Waals surface area contributed by atoms with E-state index in [1.54, 1.807) is 0 Å². The topological polar surface area (TPSA) is 8.17 Å². The van der Waals surface area contributed by atoms with Crippen LogP contribution in [-0.2, 0) is 5.41 Å². The molecule has 11 aromatic rings. The number of anilines is 3. The van der Waals surface area contributed by atoms with Gasteiger partial charge in [0, 0.05) is 38.8 Å². The number of aromatic nitrogens is 1. The van der Waals surface area contributed by atoms with Crippen molar-refractivity contribution in [2.24, 2.45) is 0 Å². The van der Waals surface area contributed by atoms with E-state index in [0.29, 0.717) is 0 Å². The number of hydrogen-bond donors (Lipinski definition) is 0. The molecule has 0 spiro atoms. The molecule has 0 radical (unpaired) electrons. The van der Waals surface area contributed by atoms with Gasteiger partial charge in [0.1, 0.15) is 0 Å². The van der Waals surface area contributed by atoms with Crippen LogP contribution in [0, 0.1) is 0 Å². The number of rotatable bonds is 8. The van der Waals surface area contributed by atoms with E-state index in [2.05, 4.69) is 266 Å². The third-order valence-electron chi connectivity index (χ3n) is 13.6. The van der Waals surface area contributed by atoms with Crippen molar-refractivity contribution >= 4 is 38.9 Å². The summed E-state index contributed by atoms with van der Waals surface area (Å²) in [6, 6.07) is 88.9. The van der Waals surface area contributed by atoms with Crippen LogP contribution in [0.5, 0.6) is 0 Å². The molecule has 10 aromatic carbocycles. The monoisotopic (exact) mass is 830 g/mol. The van der Waals surface area contributed by atoms with Crippen LogP contribution in [0.3, 0.4) is 0 Å². The van der Waals surface area contributed by atoms with Gasteiger partial charge in [-0.25, -0.2) is 0 Å². The van der Waals surface area contributed by atoms with E-state index in [-0.39, 0.29) is 5.41 Å². The average molecular weight is 831 g/mol. The molecule has 0 bridgehead atoms. The predicted octanol–water partition coefficient (Wildman–Crippen LogP) is 17.2. The zero-order valence-corrected chi connectivity index (χ0v) is 36.5. The molecule has 2 nitrogen and oxygen atoms in total. The maximum atomic E-state index is 2.48. The van der Waals surface area contributed by atoms with Crippen molar-refractivity contribution in [2.45, 2.75) is 19.3 Å². The second kappa shape index (κ2) is 15.6. The molecule has 2 heteroatoms. The second-order valence-corrected chi connectivity index (χ2v) is 17.6. The summed E-state index contributed by atoms with van der Waals surface area (Å²) in [5, 5.41) is 2.45. The van der Waals surface area contributed by atoms with Crippen molar-refractivity contribution in [3.63, 3.8) is 0 Å². The van der Waals surface area contributed by atoms with E-state index in [0.717, 1.165) is 28.3 Å². The molecule has 0 unspecified atom stereocenters. The highest BCUT2D eigenvalue weighted by Crippen LogP contribution is 2.53. The van der Waals surface area contributed by atoms with E-state index in [9.17, 15) is 0 Å². The Balaban J connectivity index is 1.12. The quantitative estimate of drug-likeness (QED) is 0.148. The first-order valence-electron chi connectivity index (χ1n) is 22.6. The minimum Gasteiger partial charge on any atom is -0.310 e. The Morgan fingerprint density at radius 3 is 1.63 bits per heavy atom. The molecule has 1 heterocycles. The fourth-order valence-corrected chi connectivity index (χ4v) is 10.7. The standard InChI is InChI=1S/C63H46N2/c1-63(2)57-33-16-14-27-52(57)56-32-18-31-51(62(56)63)45-36-38-47(39-37-45)64(48-40-41-54-53-28-15-17-34-58(53)65(60(54)42-48)46-24-10-5-11-25-46)59-35-19-30-50(44-22-8-4-9-23-44)61(59)55-29-13-12-26-49(55)43-20-6-3-7-21-43/h3-42H,1-2H3. The molecule has 0 atom stereocenters. The third-order valence-corrected chi connectivity index (χ3v) is 13.6. The highest BCUT2D eigenvalue weighted by Gasteiger charge is 2.37. The molecule has 308 valence electrons. The average Bonchev–Trinajstić information content (AvgIpc) is 3.83. The lowest BCUT2D eigenvalue weighted by atomic mass is 9.79. The minimum absolute atomic E-state index is 0.126. The molecule has 65 heavy (non-hydrogen) atoms. The van der Waals surface area contributed by atoms with Gasteiger partial charge in [-0.2, -0.15) is 0 Å². The van der Waals surface area contributed by atoms with Gasteiger partial charge in [0.15, 0.2) is 0 Å². The zero-order valence-electron chi connectivity index (χ0n) is 36.5. The Labute approximate surface area is 381 Å². The molecule has 0 fully saturated rings. The van der Waals surface area contributed by atoms with Crippen LogP contribution in [-0.4, -0.2) is 4.57 Å². The van der Waals surface area contributed by atoms with Crippen LogP contribution in [0.4, 0.5) is 17.1 Å². The summed E-state index contributed by atoms with van der Waals surface area (Å²) in [7, 11) is 0. The van der Waals surface area contributed by atoms with Crippen molar-refractivity contribution in [1.82, 2.24) is 4.57 Å². The fourth-order valence-electron chi connectivity index (χ4n) is 10.7. The lowest BCUT2D eigenvalue weighted by molar-refractivity contribution is 0.662. The molecule has 0 aliphatic heterocycles. The fraction of sp³-hybridized carbons (Fsp3) is 0.0476. The molecule has 0 N–H and O–H groups in total. The largest absolute Gasteiger partial charge is 0.310 e. The van der Waals surface area contributed by atoms with Crippen LogP contribution in [0.1, 0.15) is 25.0 Å². The van der Waals surface area contributed by atoms with Gasteiger partial charge in [0.2, 0.25) is 0 Å². The molecule has 1 aliphatic rings. The summed E-state index contributed by atoms with van der Waals surface area (Å²) in [5.41, 5.74) is 21.6. The van der Waals surface area contributed by atoms with Crippen molar-refractivity contribution in [1.29, 1.82) is 0 Å². The van der Waals surface area contributed by atoms with Gasteiger partial charge in [-0.15, -0.1) is 0 Å². The first-order valence-corrected chi connectivity index (χ1v) is 22.6. The summed E-state index contributed by atoms with van der Waals surface area (Å²) < 4.78 is 2.41. The highest BCUT2D eigenvalue weighted by atomic mass is 15.1. The summed E-state index contributed by atoms with van der Waals surface area (Å²) in [4.78, 5) is 2.48. The number of para-hydroxylation sites is 2. The van der Waals surface area contributed by atoms with Crippen LogP contribution in [0.25, 0.3) is 83.1 Å². The Morgan fingerprint density at radius 1 is 0.354 bits per heavy atom. The molecule has 1 aromatic heterocycles. The number of nitrogens with zero attached hydrogens (tertiary/aromatic N) is 2. The molecular weight excluding hydrogens is 785 g/mol. The Kier molecular flexibility index (Phi) is 9.21. The smallest absolute Gasteiger partial charge is 0.0561 e. The van der Waals surface area contributed by atoms with Crippen molar-refractivity contribution in [3.8, 4) is 61.3 Å². The van der Waals surface area contributed by atoms with Crippen molar-refractivity contribution < 1.29 is 0 Å². The van der Waals surface area contributed by atoms with Crippen LogP contribution >= 0.6 is 0 Å². The molecule has 0 saturated heterocycles. The third kappa shape index (κ3) is 6.32. The molecule has 1 aliphatic carbocycles. The van der Waals surface area contributed by atoms with Gasteiger partial charge in [-0.1, -0.05) is 208 Å². The molecular formula is C63H46N2. The van der Waals surface area contributed by atoms with E-state index < -0.39 is 0 Å². The van der Waals surface area contributed by atoms with Gasteiger partial charge in [0.25, 0.3) is 0 Å². The van der Waals surface area contributed by atoms with Gasteiger partial charge >= 0.3 is 0 Å². The molecule has 0 amide bonds. The Hall–Kier alpha value is -8.20. The number of fused-ring (bicyclic) bond motifs is 6. The normalized spacial score (nSPS) is 12.6. The number of hydrogen-bond acceptors (Lipinski definition) is 1. The molecule has 0 saturated carbocycles. The lowest BCUT2D eigenvalue weighted by Gasteiger charge is -2.30. The maximum absolute atomic E-state index is 2.48. The van der Waals surface area contributed by atoms with E-state index in [1.165, 1.54) is 83.1 Å². The van der Waals surface area contributed by atoms with Gasteiger partial charge < -0.3 is 9.47 Å². The van der Waals surface area contributed by atoms with Crippen LogP contribution in [0.2, 0.25) is 0 Å². The van der Waals surface area contributed by atoms with Gasteiger partial charge in [0.05, 0.1) is 16.7 Å². The Bertz CT molecular complexity index is 3550. The van der Waals surface area contributed by atoms with Gasteiger partial charge in [-0.3, -0.25) is 0 Å². The summed E-state index contributed by atoms with van der Waals surface area (Å²) >= 11 is 0. The first-order chi connectivity index (χ1) is 32.0. The summed E-state index contributed by atoms with van der Waals surface area (Å²) in [6.45, 7) is 4.74.